The van der Waals surface area contributed by atoms with Gasteiger partial charge in [-0.05, 0) is 51.6 Å². The van der Waals surface area contributed by atoms with Gasteiger partial charge in [0.25, 0.3) is 0 Å². The van der Waals surface area contributed by atoms with Crippen LogP contribution in [0.15, 0.2) is 175 Å². The molecule has 232 valence electrons. The Kier molecular flexibility index (Phi) is 6.07. The molecule has 0 radical (unpaired) electrons. The van der Waals surface area contributed by atoms with Gasteiger partial charge in [0.1, 0.15) is 17.7 Å². The minimum atomic E-state index is -0.476. The van der Waals surface area contributed by atoms with Crippen molar-refractivity contribution in [2.24, 2.45) is 4.99 Å². The molecule has 0 aromatic heterocycles. The average Bonchev–Trinajstić information content (AvgIpc) is 3.46. The molecule has 3 aliphatic rings. The Hall–Kier alpha value is -6.19. The van der Waals surface area contributed by atoms with Gasteiger partial charge in [0, 0.05) is 40.6 Å². The van der Waals surface area contributed by atoms with Crippen LogP contribution < -0.4 is 9.64 Å². The van der Waals surface area contributed by atoms with E-state index < -0.39 is 5.41 Å². The van der Waals surface area contributed by atoms with E-state index in [-0.39, 0.29) is 6.17 Å². The summed E-state index contributed by atoms with van der Waals surface area (Å²) in [7, 11) is 2.14. The van der Waals surface area contributed by atoms with E-state index in [1.807, 2.05) is 0 Å². The first kappa shape index (κ1) is 27.9. The fourth-order valence-corrected chi connectivity index (χ4v) is 8.41. The molecule has 1 spiro atoms. The van der Waals surface area contributed by atoms with Crippen LogP contribution in [0.1, 0.15) is 45.1 Å². The number of benzene rings is 7. The van der Waals surface area contributed by atoms with Crippen LogP contribution >= 0.6 is 0 Å². The predicted octanol–water partition coefficient (Wildman–Crippen LogP) is 10.8. The second-order valence-corrected chi connectivity index (χ2v) is 13.1. The SMILES string of the molecule is CN1c2ccccc2C(c2ccc(-c3ccccc3)cc2)=NC1c1ccc2c(c1)Oc1ccccc1C21c2ccccc2-c2ccccc21. The number of nitrogens with zero attached hydrogens (tertiary/aromatic N) is 2. The highest BCUT2D eigenvalue weighted by atomic mass is 16.5. The summed E-state index contributed by atoms with van der Waals surface area (Å²) >= 11 is 0. The molecule has 1 atom stereocenters. The number of fused-ring (bicyclic) bond motifs is 10. The minimum Gasteiger partial charge on any atom is -0.457 e. The van der Waals surface area contributed by atoms with Crippen LogP contribution in [-0.4, -0.2) is 12.8 Å². The molecule has 1 unspecified atom stereocenters. The highest BCUT2D eigenvalue weighted by Crippen LogP contribution is 2.62. The maximum Gasteiger partial charge on any atom is 0.147 e. The molecule has 0 bridgehead atoms. The lowest BCUT2D eigenvalue weighted by Gasteiger charge is -2.40. The summed E-state index contributed by atoms with van der Waals surface area (Å²) < 4.78 is 6.83. The number of hydrogen-bond donors (Lipinski definition) is 0. The van der Waals surface area contributed by atoms with Crippen molar-refractivity contribution in [1.29, 1.82) is 0 Å². The molecule has 49 heavy (non-hydrogen) atoms. The smallest absolute Gasteiger partial charge is 0.147 e. The first-order valence-corrected chi connectivity index (χ1v) is 16.9. The Morgan fingerprint density at radius 1 is 0.490 bits per heavy atom. The zero-order valence-electron chi connectivity index (χ0n) is 27.0. The van der Waals surface area contributed by atoms with E-state index in [1.54, 1.807) is 0 Å². The molecule has 0 saturated heterocycles. The van der Waals surface area contributed by atoms with Gasteiger partial charge in [-0.2, -0.15) is 0 Å². The molecular weight excluding hydrogens is 597 g/mol. The Bertz CT molecular complexity index is 2400. The molecule has 1 aliphatic carbocycles. The summed E-state index contributed by atoms with van der Waals surface area (Å²) in [5, 5.41) is 0. The van der Waals surface area contributed by atoms with Crippen LogP contribution in [0, 0.1) is 0 Å². The number of anilines is 1. The maximum atomic E-state index is 6.83. The highest BCUT2D eigenvalue weighted by molar-refractivity contribution is 6.17. The van der Waals surface area contributed by atoms with Gasteiger partial charge in [0.2, 0.25) is 0 Å². The first-order valence-electron chi connectivity index (χ1n) is 16.9. The Morgan fingerprint density at radius 2 is 1.04 bits per heavy atom. The fraction of sp³-hybridized carbons (Fsp3) is 0.0652. The van der Waals surface area contributed by atoms with E-state index in [0.29, 0.717) is 0 Å². The summed E-state index contributed by atoms with van der Waals surface area (Å²) in [6.45, 7) is 0. The van der Waals surface area contributed by atoms with E-state index >= 15 is 0 Å². The monoisotopic (exact) mass is 628 g/mol. The molecule has 7 aromatic rings. The maximum absolute atomic E-state index is 6.83. The van der Waals surface area contributed by atoms with Gasteiger partial charge in [-0.3, -0.25) is 4.99 Å². The number of para-hydroxylation sites is 2. The molecule has 0 fully saturated rings. The van der Waals surface area contributed by atoms with Crippen molar-refractivity contribution in [3.63, 3.8) is 0 Å². The van der Waals surface area contributed by atoms with Crippen LogP contribution in [0.3, 0.4) is 0 Å². The third kappa shape index (κ3) is 3.99. The first-order chi connectivity index (χ1) is 24.2. The fourth-order valence-electron chi connectivity index (χ4n) is 8.41. The highest BCUT2D eigenvalue weighted by Gasteiger charge is 2.51. The molecule has 0 saturated carbocycles. The molecule has 2 aliphatic heterocycles. The largest absolute Gasteiger partial charge is 0.457 e. The van der Waals surface area contributed by atoms with Crippen LogP contribution in [0.4, 0.5) is 5.69 Å². The van der Waals surface area contributed by atoms with Gasteiger partial charge < -0.3 is 9.64 Å². The van der Waals surface area contributed by atoms with E-state index in [2.05, 4.69) is 182 Å². The summed E-state index contributed by atoms with van der Waals surface area (Å²) in [4.78, 5) is 7.77. The Balaban J connectivity index is 1.14. The number of ether oxygens (including phenoxy) is 1. The zero-order chi connectivity index (χ0) is 32.5. The average molecular weight is 629 g/mol. The van der Waals surface area contributed by atoms with Gasteiger partial charge in [0.05, 0.1) is 11.1 Å². The summed E-state index contributed by atoms with van der Waals surface area (Å²) in [6.07, 6.45) is -0.233. The van der Waals surface area contributed by atoms with E-state index in [9.17, 15) is 0 Å². The number of rotatable bonds is 3. The third-order valence-electron chi connectivity index (χ3n) is 10.6. The van der Waals surface area contributed by atoms with Gasteiger partial charge in [-0.15, -0.1) is 0 Å². The van der Waals surface area contributed by atoms with E-state index in [1.165, 1.54) is 38.9 Å². The van der Waals surface area contributed by atoms with Gasteiger partial charge in [0.15, 0.2) is 0 Å². The molecule has 2 heterocycles. The second-order valence-electron chi connectivity index (χ2n) is 13.1. The topological polar surface area (TPSA) is 24.8 Å². The van der Waals surface area contributed by atoms with Crippen molar-refractivity contribution in [3.05, 3.63) is 209 Å². The summed E-state index contributed by atoms with van der Waals surface area (Å²) in [5.41, 5.74) is 14.9. The molecular formula is C46H32N2O. The Labute approximate surface area is 286 Å². The predicted molar refractivity (Wildman–Crippen MR) is 199 cm³/mol. The lowest BCUT2D eigenvalue weighted by Crippen LogP contribution is -2.33. The van der Waals surface area contributed by atoms with Gasteiger partial charge in [-0.1, -0.05) is 152 Å². The number of hydrogen-bond acceptors (Lipinski definition) is 3. The van der Waals surface area contributed by atoms with Crippen LogP contribution in [-0.2, 0) is 5.41 Å². The van der Waals surface area contributed by atoms with Crippen LogP contribution in [0.25, 0.3) is 22.3 Å². The van der Waals surface area contributed by atoms with E-state index in [0.717, 1.165) is 45.2 Å². The Morgan fingerprint density at radius 3 is 1.78 bits per heavy atom. The quantitative estimate of drug-likeness (QED) is 0.194. The van der Waals surface area contributed by atoms with Crippen molar-refractivity contribution in [2.45, 2.75) is 11.6 Å². The van der Waals surface area contributed by atoms with Crippen molar-refractivity contribution in [2.75, 3.05) is 11.9 Å². The third-order valence-corrected chi connectivity index (χ3v) is 10.6. The molecule has 0 amide bonds. The molecule has 0 N–H and O–H groups in total. The lowest BCUT2D eigenvalue weighted by molar-refractivity contribution is 0.435. The van der Waals surface area contributed by atoms with Crippen LogP contribution in [0.5, 0.6) is 11.5 Å². The van der Waals surface area contributed by atoms with Crippen molar-refractivity contribution in [3.8, 4) is 33.8 Å². The minimum absolute atomic E-state index is 0.233. The van der Waals surface area contributed by atoms with Crippen LogP contribution in [0.2, 0.25) is 0 Å². The standard InChI is InChI=1S/C46H32N2O/c1-48-41-21-11-7-17-36(41)44(32-25-23-31(24-26-32)30-13-3-2-4-14-30)47-45(48)33-27-28-40-43(29-33)49-42-22-12-10-20-39(42)46(40)37-18-8-5-15-34(37)35-16-6-9-19-38(35)46/h2-29,45H,1H3. The lowest BCUT2D eigenvalue weighted by atomic mass is 9.66. The van der Waals surface area contributed by atoms with Gasteiger partial charge >= 0.3 is 0 Å². The van der Waals surface area contributed by atoms with Gasteiger partial charge in [-0.25, -0.2) is 0 Å². The van der Waals surface area contributed by atoms with E-state index in [4.69, 9.17) is 9.73 Å². The zero-order valence-corrected chi connectivity index (χ0v) is 27.0. The number of aliphatic imine (C=N–C) groups is 1. The normalized spacial score (nSPS) is 16.1. The second kappa shape index (κ2) is 10.7. The molecule has 7 aromatic carbocycles. The summed E-state index contributed by atoms with van der Waals surface area (Å²) in [6, 6.07) is 60.9. The van der Waals surface area contributed by atoms with Crippen molar-refractivity contribution < 1.29 is 4.74 Å². The molecule has 10 rings (SSSR count). The summed E-state index contributed by atoms with van der Waals surface area (Å²) in [5.74, 6) is 1.77. The van der Waals surface area contributed by atoms with Crippen molar-refractivity contribution in [1.82, 2.24) is 0 Å². The molecule has 3 heteroatoms. The molecule has 3 nitrogen and oxygen atoms in total. The van der Waals surface area contributed by atoms with Crippen molar-refractivity contribution >= 4 is 11.4 Å².